The molecule has 5 nitrogen and oxygen atoms in total. The zero-order chi connectivity index (χ0) is 16.1. The molecule has 1 aromatic heterocycles. The van der Waals surface area contributed by atoms with Gasteiger partial charge in [-0.05, 0) is 31.0 Å². The lowest BCUT2D eigenvalue weighted by Crippen LogP contribution is -2.37. The van der Waals surface area contributed by atoms with Gasteiger partial charge in [-0.15, -0.1) is 0 Å². The number of aromatic nitrogens is 2. The fraction of sp³-hybridized carbons (Fsp3) is 0.412. The zero-order valence-corrected chi connectivity index (χ0v) is 14.0. The van der Waals surface area contributed by atoms with E-state index >= 15 is 0 Å². The van der Waals surface area contributed by atoms with Gasteiger partial charge in [-0.3, -0.25) is 0 Å². The van der Waals surface area contributed by atoms with Gasteiger partial charge in [0.05, 0.1) is 13.2 Å². The summed E-state index contributed by atoms with van der Waals surface area (Å²) >= 11 is 6.01. The van der Waals surface area contributed by atoms with Crippen LogP contribution in [0.5, 0.6) is 0 Å². The average Bonchev–Trinajstić information content (AvgIpc) is 2.55. The first-order valence-corrected chi connectivity index (χ1v) is 8.25. The Balaban J connectivity index is 1.62. The maximum absolute atomic E-state index is 6.01. The van der Waals surface area contributed by atoms with Gasteiger partial charge in [-0.1, -0.05) is 23.7 Å². The first-order chi connectivity index (χ1) is 11.2. The third-order valence-electron chi connectivity index (χ3n) is 3.75. The molecule has 1 saturated heterocycles. The van der Waals surface area contributed by atoms with Crippen LogP contribution in [-0.4, -0.2) is 42.8 Å². The van der Waals surface area contributed by atoms with Crippen molar-refractivity contribution in [3.8, 4) is 0 Å². The van der Waals surface area contributed by atoms with Crippen molar-refractivity contribution >= 4 is 23.4 Å². The topological polar surface area (TPSA) is 50.3 Å². The summed E-state index contributed by atoms with van der Waals surface area (Å²) in [5.74, 6) is 1.64. The lowest BCUT2D eigenvalue weighted by molar-refractivity contribution is 0.122. The van der Waals surface area contributed by atoms with Gasteiger partial charge in [-0.2, -0.15) is 4.98 Å². The van der Waals surface area contributed by atoms with Gasteiger partial charge in [0, 0.05) is 36.4 Å². The molecule has 122 valence electrons. The van der Waals surface area contributed by atoms with Crippen molar-refractivity contribution in [3.63, 3.8) is 0 Å². The molecule has 0 bridgehead atoms. The summed E-state index contributed by atoms with van der Waals surface area (Å²) in [6, 6.07) is 9.91. The van der Waals surface area contributed by atoms with E-state index in [-0.39, 0.29) is 0 Å². The number of nitrogens with one attached hydrogen (secondary N) is 1. The van der Waals surface area contributed by atoms with E-state index in [1.807, 2.05) is 31.2 Å². The molecule has 0 unspecified atom stereocenters. The molecular weight excluding hydrogens is 312 g/mol. The van der Waals surface area contributed by atoms with Crippen molar-refractivity contribution in [1.29, 1.82) is 0 Å². The molecule has 1 fully saturated rings. The SMILES string of the molecule is Cc1cc(NCCc2cccc(Cl)c2)nc(N2CCOCC2)n1. The summed E-state index contributed by atoms with van der Waals surface area (Å²) in [6.45, 7) is 5.94. The molecule has 1 aliphatic rings. The second kappa shape index (κ2) is 7.62. The molecule has 23 heavy (non-hydrogen) atoms. The predicted molar refractivity (Wildman–Crippen MR) is 93.4 cm³/mol. The monoisotopic (exact) mass is 332 g/mol. The number of nitrogens with zero attached hydrogens (tertiary/aromatic N) is 3. The summed E-state index contributed by atoms with van der Waals surface area (Å²) in [6.07, 6.45) is 0.899. The predicted octanol–water partition coefficient (Wildman–Crippen LogP) is 2.93. The van der Waals surface area contributed by atoms with Gasteiger partial charge >= 0.3 is 0 Å². The van der Waals surface area contributed by atoms with Crippen LogP contribution in [0.1, 0.15) is 11.3 Å². The second-order valence-corrected chi connectivity index (χ2v) is 6.04. The zero-order valence-electron chi connectivity index (χ0n) is 13.3. The number of hydrogen-bond acceptors (Lipinski definition) is 5. The minimum absolute atomic E-state index is 0.731. The van der Waals surface area contributed by atoms with Crippen molar-refractivity contribution in [2.45, 2.75) is 13.3 Å². The first-order valence-electron chi connectivity index (χ1n) is 7.87. The van der Waals surface area contributed by atoms with E-state index in [1.165, 1.54) is 5.56 Å². The molecule has 2 heterocycles. The number of rotatable bonds is 5. The van der Waals surface area contributed by atoms with Crippen molar-refractivity contribution in [2.75, 3.05) is 43.1 Å². The van der Waals surface area contributed by atoms with Crippen LogP contribution in [0.15, 0.2) is 30.3 Å². The number of benzene rings is 1. The number of ether oxygens (including phenoxy) is 1. The molecule has 0 radical (unpaired) electrons. The minimum Gasteiger partial charge on any atom is -0.378 e. The van der Waals surface area contributed by atoms with Crippen LogP contribution < -0.4 is 10.2 Å². The van der Waals surface area contributed by atoms with Crippen molar-refractivity contribution in [1.82, 2.24) is 9.97 Å². The van der Waals surface area contributed by atoms with Crippen LogP contribution in [-0.2, 0) is 11.2 Å². The number of halogens is 1. The molecule has 0 saturated carbocycles. The Morgan fingerprint density at radius 1 is 1.22 bits per heavy atom. The van der Waals surface area contributed by atoms with Crippen LogP contribution in [0.3, 0.4) is 0 Å². The largest absolute Gasteiger partial charge is 0.378 e. The minimum atomic E-state index is 0.731. The van der Waals surface area contributed by atoms with Crippen LogP contribution in [0.2, 0.25) is 5.02 Å². The fourth-order valence-corrected chi connectivity index (χ4v) is 2.79. The quantitative estimate of drug-likeness (QED) is 0.912. The summed E-state index contributed by atoms with van der Waals surface area (Å²) < 4.78 is 5.38. The highest BCUT2D eigenvalue weighted by Gasteiger charge is 2.14. The Morgan fingerprint density at radius 2 is 2.04 bits per heavy atom. The molecular formula is C17H21ClN4O. The standard InChI is InChI=1S/C17H21ClN4O/c1-13-11-16(19-6-5-14-3-2-4-15(18)12-14)21-17(20-13)22-7-9-23-10-8-22/h2-4,11-12H,5-10H2,1H3,(H,19,20,21). The summed E-state index contributed by atoms with van der Waals surface area (Å²) in [4.78, 5) is 11.3. The highest BCUT2D eigenvalue weighted by molar-refractivity contribution is 6.30. The summed E-state index contributed by atoms with van der Waals surface area (Å²) in [5.41, 5.74) is 2.18. The number of anilines is 2. The average molecular weight is 333 g/mol. The van der Waals surface area contributed by atoms with Crippen LogP contribution in [0, 0.1) is 6.92 Å². The maximum Gasteiger partial charge on any atom is 0.227 e. The number of hydrogen-bond donors (Lipinski definition) is 1. The van der Waals surface area contributed by atoms with Crippen molar-refractivity contribution < 1.29 is 4.74 Å². The Bertz CT molecular complexity index is 659. The van der Waals surface area contributed by atoms with E-state index in [9.17, 15) is 0 Å². The number of morpholine rings is 1. The Morgan fingerprint density at radius 3 is 2.83 bits per heavy atom. The summed E-state index contributed by atoms with van der Waals surface area (Å²) in [5, 5.41) is 4.15. The van der Waals surface area contributed by atoms with E-state index in [4.69, 9.17) is 16.3 Å². The Kier molecular flexibility index (Phi) is 5.31. The van der Waals surface area contributed by atoms with Gasteiger partial charge in [0.25, 0.3) is 0 Å². The molecule has 0 atom stereocenters. The smallest absolute Gasteiger partial charge is 0.227 e. The third kappa shape index (κ3) is 4.56. The van der Waals surface area contributed by atoms with Crippen LogP contribution in [0.4, 0.5) is 11.8 Å². The van der Waals surface area contributed by atoms with Crippen LogP contribution in [0.25, 0.3) is 0 Å². The van der Waals surface area contributed by atoms with E-state index < -0.39 is 0 Å². The van der Waals surface area contributed by atoms with E-state index in [1.54, 1.807) is 0 Å². The molecule has 1 aliphatic heterocycles. The molecule has 1 aromatic carbocycles. The first kappa shape index (κ1) is 16.0. The van der Waals surface area contributed by atoms with Gasteiger partial charge in [0.1, 0.15) is 5.82 Å². The van der Waals surface area contributed by atoms with Gasteiger partial charge in [0.15, 0.2) is 0 Å². The normalized spacial score (nSPS) is 14.8. The summed E-state index contributed by atoms with van der Waals surface area (Å²) in [7, 11) is 0. The number of aryl methyl sites for hydroxylation is 1. The lowest BCUT2D eigenvalue weighted by Gasteiger charge is -2.27. The molecule has 1 N–H and O–H groups in total. The molecule has 0 aliphatic carbocycles. The van der Waals surface area contributed by atoms with Gasteiger partial charge < -0.3 is 15.0 Å². The van der Waals surface area contributed by atoms with Gasteiger partial charge in [0.2, 0.25) is 5.95 Å². The highest BCUT2D eigenvalue weighted by Crippen LogP contribution is 2.16. The lowest BCUT2D eigenvalue weighted by atomic mass is 10.1. The highest BCUT2D eigenvalue weighted by atomic mass is 35.5. The van der Waals surface area contributed by atoms with Gasteiger partial charge in [-0.25, -0.2) is 4.98 Å². The molecule has 0 spiro atoms. The fourth-order valence-electron chi connectivity index (χ4n) is 2.58. The molecule has 2 aromatic rings. The molecule has 6 heteroatoms. The second-order valence-electron chi connectivity index (χ2n) is 5.60. The Labute approximate surface area is 141 Å². The van der Waals surface area contributed by atoms with E-state index in [0.717, 1.165) is 61.8 Å². The van der Waals surface area contributed by atoms with E-state index in [2.05, 4.69) is 26.3 Å². The molecule has 0 amide bonds. The van der Waals surface area contributed by atoms with Crippen LogP contribution >= 0.6 is 11.6 Å². The Hall–Kier alpha value is -1.85. The van der Waals surface area contributed by atoms with Crippen molar-refractivity contribution in [3.05, 3.63) is 46.6 Å². The maximum atomic E-state index is 6.01. The third-order valence-corrected chi connectivity index (χ3v) is 3.98. The van der Waals surface area contributed by atoms with E-state index in [0.29, 0.717) is 0 Å². The molecule has 3 rings (SSSR count). The van der Waals surface area contributed by atoms with Crippen molar-refractivity contribution in [2.24, 2.45) is 0 Å².